The van der Waals surface area contributed by atoms with Crippen molar-refractivity contribution in [2.75, 3.05) is 12.3 Å². The first-order chi connectivity index (χ1) is 8.61. The summed E-state index contributed by atoms with van der Waals surface area (Å²) < 4.78 is 37.3. The van der Waals surface area contributed by atoms with E-state index in [1.807, 2.05) is 0 Å². The molecule has 1 aromatic rings. The van der Waals surface area contributed by atoms with Crippen molar-refractivity contribution in [1.82, 2.24) is 4.90 Å². The van der Waals surface area contributed by atoms with Crippen molar-refractivity contribution >= 4 is 11.6 Å². The van der Waals surface area contributed by atoms with Gasteiger partial charge in [0.2, 0.25) is 0 Å². The average molecular weight is 276 g/mol. The number of alkyl halides is 3. The van der Waals surface area contributed by atoms with Gasteiger partial charge in [-0.1, -0.05) is 0 Å². The second kappa shape index (κ2) is 5.38. The molecule has 1 aromatic carbocycles. The Kier molecular flexibility index (Phi) is 4.28. The molecule has 0 atom stereocenters. The zero-order valence-electron chi connectivity index (χ0n) is 10.5. The summed E-state index contributed by atoms with van der Waals surface area (Å²) in [6.07, 6.45) is -4.49. The predicted octanol–water partition coefficient (Wildman–Crippen LogP) is 2.39. The Morgan fingerprint density at radius 2 is 2.00 bits per heavy atom. The zero-order valence-corrected chi connectivity index (χ0v) is 10.5. The number of amides is 1. The molecule has 0 unspecified atom stereocenters. The number of hydrogen-bond donors (Lipinski definition) is 2. The van der Waals surface area contributed by atoms with Gasteiger partial charge in [-0.15, -0.1) is 0 Å². The number of nitrogen functional groups attached to an aromatic ring is 1. The van der Waals surface area contributed by atoms with E-state index >= 15 is 0 Å². The molecule has 0 bridgehead atoms. The fourth-order valence-electron chi connectivity index (χ4n) is 1.57. The first-order valence-electron chi connectivity index (χ1n) is 5.58. The second-order valence-corrected chi connectivity index (χ2v) is 4.41. The van der Waals surface area contributed by atoms with E-state index in [0.29, 0.717) is 4.90 Å². The molecule has 0 saturated carbocycles. The SMILES string of the molecule is CC(C)N(CC(F)(F)F)C(=O)c1cc(O)ccc1N. The fraction of sp³-hybridized carbons (Fsp3) is 0.417. The summed E-state index contributed by atoms with van der Waals surface area (Å²) in [4.78, 5) is 12.7. The Labute approximate surface area is 108 Å². The number of carbonyl (C=O) groups is 1. The molecule has 0 heterocycles. The van der Waals surface area contributed by atoms with Crippen molar-refractivity contribution < 1.29 is 23.1 Å². The maximum absolute atomic E-state index is 12.4. The van der Waals surface area contributed by atoms with E-state index in [-0.39, 0.29) is 17.0 Å². The minimum Gasteiger partial charge on any atom is -0.508 e. The maximum Gasteiger partial charge on any atom is 0.406 e. The number of hydrogen-bond acceptors (Lipinski definition) is 3. The van der Waals surface area contributed by atoms with Gasteiger partial charge in [0, 0.05) is 11.7 Å². The van der Waals surface area contributed by atoms with Gasteiger partial charge in [0.1, 0.15) is 12.3 Å². The number of benzene rings is 1. The van der Waals surface area contributed by atoms with Gasteiger partial charge < -0.3 is 15.7 Å². The average Bonchev–Trinajstić information content (AvgIpc) is 2.27. The number of aromatic hydroxyl groups is 1. The van der Waals surface area contributed by atoms with Crippen LogP contribution in [0.3, 0.4) is 0 Å². The number of rotatable bonds is 3. The summed E-state index contributed by atoms with van der Waals surface area (Å²) in [5, 5.41) is 9.29. The monoisotopic (exact) mass is 276 g/mol. The standard InChI is InChI=1S/C12H15F3N2O2/c1-7(2)17(6-12(13,14)15)11(19)9-5-8(18)3-4-10(9)16/h3-5,7,18H,6,16H2,1-2H3. The first kappa shape index (κ1) is 15.1. The third kappa shape index (κ3) is 4.04. The van der Waals surface area contributed by atoms with Gasteiger partial charge >= 0.3 is 6.18 Å². The molecule has 0 radical (unpaired) electrons. The van der Waals surface area contributed by atoms with Crippen molar-refractivity contribution in [2.45, 2.75) is 26.1 Å². The highest BCUT2D eigenvalue weighted by Crippen LogP contribution is 2.24. The predicted molar refractivity (Wildman–Crippen MR) is 64.7 cm³/mol. The topological polar surface area (TPSA) is 66.6 Å². The van der Waals surface area contributed by atoms with Gasteiger partial charge in [-0.2, -0.15) is 13.2 Å². The number of anilines is 1. The Balaban J connectivity index is 3.09. The smallest absolute Gasteiger partial charge is 0.406 e. The van der Waals surface area contributed by atoms with E-state index in [0.717, 1.165) is 6.07 Å². The lowest BCUT2D eigenvalue weighted by Gasteiger charge is -2.28. The van der Waals surface area contributed by atoms with Crippen LogP contribution in [0.15, 0.2) is 18.2 Å². The highest BCUT2D eigenvalue weighted by atomic mass is 19.4. The maximum atomic E-state index is 12.4. The lowest BCUT2D eigenvalue weighted by Crippen LogP contribution is -2.43. The summed E-state index contributed by atoms with van der Waals surface area (Å²) in [6.45, 7) is 1.59. The van der Waals surface area contributed by atoms with Crippen molar-refractivity contribution in [1.29, 1.82) is 0 Å². The van der Waals surface area contributed by atoms with Crippen LogP contribution in [-0.2, 0) is 0 Å². The van der Waals surface area contributed by atoms with Crippen molar-refractivity contribution in [3.8, 4) is 5.75 Å². The van der Waals surface area contributed by atoms with E-state index < -0.39 is 24.7 Å². The van der Waals surface area contributed by atoms with Crippen LogP contribution in [0, 0.1) is 0 Å². The molecule has 3 N–H and O–H groups in total. The molecule has 106 valence electrons. The molecule has 0 saturated heterocycles. The van der Waals surface area contributed by atoms with E-state index in [1.54, 1.807) is 0 Å². The largest absolute Gasteiger partial charge is 0.508 e. The minimum atomic E-state index is -4.49. The van der Waals surface area contributed by atoms with Gasteiger partial charge in [0.15, 0.2) is 0 Å². The highest BCUT2D eigenvalue weighted by Gasteiger charge is 2.35. The lowest BCUT2D eigenvalue weighted by atomic mass is 10.1. The molecule has 19 heavy (non-hydrogen) atoms. The van der Waals surface area contributed by atoms with Crippen LogP contribution in [0.4, 0.5) is 18.9 Å². The van der Waals surface area contributed by atoms with Crippen LogP contribution in [0.25, 0.3) is 0 Å². The molecule has 0 aliphatic rings. The summed E-state index contributed by atoms with van der Waals surface area (Å²) in [6, 6.07) is 2.95. The molecule has 7 heteroatoms. The van der Waals surface area contributed by atoms with Crippen LogP contribution >= 0.6 is 0 Å². The molecular weight excluding hydrogens is 261 g/mol. The number of nitrogens with two attached hydrogens (primary N) is 1. The zero-order chi connectivity index (χ0) is 14.8. The normalized spacial score (nSPS) is 11.7. The molecule has 1 rings (SSSR count). The van der Waals surface area contributed by atoms with E-state index in [1.165, 1.54) is 26.0 Å². The molecule has 4 nitrogen and oxygen atoms in total. The Morgan fingerprint density at radius 3 is 2.47 bits per heavy atom. The van der Waals surface area contributed by atoms with Crippen LogP contribution in [0.1, 0.15) is 24.2 Å². The second-order valence-electron chi connectivity index (χ2n) is 4.41. The number of phenols is 1. The fourth-order valence-corrected chi connectivity index (χ4v) is 1.57. The Morgan fingerprint density at radius 1 is 1.42 bits per heavy atom. The van der Waals surface area contributed by atoms with Crippen LogP contribution in [0.2, 0.25) is 0 Å². The van der Waals surface area contributed by atoms with E-state index in [9.17, 15) is 23.1 Å². The molecule has 0 spiro atoms. The first-order valence-corrected chi connectivity index (χ1v) is 5.58. The van der Waals surface area contributed by atoms with Crippen LogP contribution < -0.4 is 5.73 Å². The van der Waals surface area contributed by atoms with E-state index in [2.05, 4.69) is 0 Å². The molecule has 0 fully saturated rings. The number of nitrogens with zero attached hydrogens (tertiary/aromatic N) is 1. The van der Waals surface area contributed by atoms with Gasteiger partial charge in [-0.05, 0) is 32.0 Å². The molecule has 0 aromatic heterocycles. The third-order valence-corrected chi connectivity index (χ3v) is 2.50. The Bertz CT molecular complexity index is 473. The molecule has 0 aliphatic carbocycles. The Hall–Kier alpha value is -1.92. The molecule has 0 aliphatic heterocycles. The van der Waals surface area contributed by atoms with Gasteiger partial charge in [-0.3, -0.25) is 4.79 Å². The van der Waals surface area contributed by atoms with Crippen molar-refractivity contribution in [2.24, 2.45) is 0 Å². The third-order valence-electron chi connectivity index (χ3n) is 2.50. The number of carbonyl (C=O) groups excluding carboxylic acids is 1. The van der Waals surface area contributed by atoms with Gasteiger partial charge in [0.25, 0.3) is 5.91 Å². The quantitative estimate of drug-likeness (QED) is 0.658. The summed E-state index contributed by atoms with van der Waals surface area (Å²) in [5.74, 6) is -1.09. The summed E-state index contributed by atoms with van der Waals surface area (Å²) in [5.41, 5.74) is 5.44. The lowest BCUT2D eigenvalue weighted by molar-refractivity contribution is -0.143. The van der Waals surface area contributed by atoms with Gasteiger partial charge in [-0.25, -0.2) is 0 Å². The number of halogens is 3. The highest BCUT2D eigenvalue weighted by molar-refractivity contribution is 5.99. The molecular formula is C12H15F3N2O2. The van der Waals surface area contributed by atoms with Crippen molar-refractivity contribution in [3.63, 3.8) is 0 Å². The molecule has 1 amide bonds. The van der Waals surface area contributed by atoms with Crippen molar-refractivity contribution in [3.05, 3.63) is 23.8 Å². The van der Waals surface area contributed by atoms with Gasteiger partial charge in [0.05, 0.1) is 5.56 Å². The van der Waals surface area contributed by atoms with Crippen LogP contribution in [-0.4, -0.2) is 34.7 Å². The minimum absolute atomic E-state index is 0.0237. The summed E-state index contributed by atoms with van der Waals surface area (Å²) >= 11 is 0. The number of phenolic OH excluding ortho intramolecular Hbond substituents is 1. The van der Waals surface area contributed by atoms with Crippen LogP contribution in [0.5, 0.6) is 5.75 Å². The summed E-state index contributed by atoms with van der Waals surface area (Å²) in [7, 11) is 0. The van der Waals surface area contributed by atoms with E-state index in [4.69, 9.17) is 5.73 Å².